The van der Waals surface area contributed by atoms with Gasteiger partial charge >= 0.3 is 5.97 Å². The van der Waals surface area contributed by atoms with Gasteiger partial charge in [-0.1, -0.05) is 24.3 Å². The number of para-hydroxylation sites is 1. The summed E-state index contributed by atoms with van der Waals surface area (Å²) in [5, 5.41) is 18.8. The lowest BCUT2D eigenvalue weighted by Crippen LogP contribution is -2.30. The average molecular weight is 333 g/mol. The molecule has 0 aliphatic carbocycles. The highest BCUT2D eigenvalue weighted by molar-refractivity contribution is 5.75. The van der Waals surface area contributed by atoms with Gasteiger partial charge in [0.05, 0.1) is 13.7 Å². The summed E-state index contributed by atoms with van der Waals surface area (Å²) in [7, 11) is 3.23. The molecule has 0 fully saturated rings. The zero-order chi connectivity index (χ0) is 17.7. The fraction of sp³-hybridized carbons (Fsp3) is 0.278. The first-order chi connectivity index (χ1) is 11.5. The van der Waals surface area contributed by atoms with Crippen molar-refractivity contribution in [1.29, 1.82) is 0 Å². The first-order valence-electron chi connectivity index (χ1n) is 7.42. The van der Waals surface area contributed by atoms with Gasteiger partial charge in [-0.2, -0.15) is 0 Å². The fourth-order valence-corrected chi connectivity index (χ4v) is 2.67. The van der Waals surface area contributed by atoms with E-state index in [9.17, 15) is 19.4 Å². The molecular formula is C18H20FNO4. The summed E-state index contributed by atoms with van der Waals surface area (Å²) in [5.74, 6) is -0.940. The second-order valence-electron chi connectivity index (χ2n) is 5.48. The van der Waals surface area contributed by atoms with Gasteiger partial charge in [-0.15, -0.1) is 0 Å². The maximum Gasteiger partial charge on any atom is 0.325 e. The minimum atomic E-state index is -1.05. The van der Waals surface area contributed by atoms with Crippen LogP contribution in [0.2, 0.25) is 0 Å². The smallest absolute Gasteiger partial charge is 0.325 e. The first-order valence-corrected chi connectivity index (χ1v) is 7.42. The van der Waals surface area contributed by atoms with E-state index < -0.39 is 24.4 Å². The number of carboxylic acid groups (broad SMARTS) is 1. The van der Waals surface area contributed by atoms with Crippen LogP contribution in [0.15, 0.2) is 42.5 Å². The number of benzene rings is 2. The third kappa shape index (κ3) is 3.90. The highest BCUT2D eigenvalue weighted by atomic mass is 19.1. The van der Waals surface area contributed by atoms with Crippen molar-refractivity contribution in [1.82, 2.24) is 4.90 Å². The number of aliphatic carboxylic acids is 1. The molecule has 0 saturated carbocycles. The molecule has 0 radical (unpaired) electrons. The highest BCUT2D eigenvalue weighted by Gasteiger charge is 2.26. The van der Waals surface area contributed by atoms with Crippen LogP contribution in [-0.4, -0.2) is 35.2 Å². The molecule has 1 unspecified atom stereocenters. The summed E-state index contributed by atoms with van der Waals surface area (Å²) in [5.41, 5.74) is 1.33. The molecule has 2 aromatic carbocycles. The monoisotopic (exact) mass is 333 g/mol. The van der Waals surface area contributed by atoms with E-state index in [0.717, 1.165) is 5.56 Å². The molecule has 5 nitrogen and oxygen atoms in total. The van der Waals surface area contributed by atoms with E-state index in [1.165, 1.54) is 18.2 Å². The predicted molar refractivity (Wildman–Crippen MR) is 87.2 cm³/mol. The summed E-state index contributed by atoms with van der Waals surface area (Å²) in [4.78, 5) is 13.4. The van der Waals surface area contributed by atoms with Gasteiger partial charge in [0, 0.05) is 17.7 Å². The number of nitrogens with zero attached hydrogens (tertiary/aromatic N) is 1. The van der Waals surface area contributed by atoms with E-state index in [-0.39, 0.29) is 5.56 Å². The molecule has 2 N–H and O–H groups in total. The standard InChI is InChI=1S/C18H20FNO4/c1-20(10-13-5-3-4-6-16(13)24-2)17(18(22)23)12-7-8-15(19)14(9-12)11-21/h3-9,17,21H,10-11H2,1-2H3,(H,22,23). The third-order valence-corrected chi connectivity index (χ3v) is 3.84. The van der Waals surface area contributed by atoms with Gasteiger partial charge in [0.1, 0.15) is 17.6 Å². The number of ether oxygens (including phenoxy) is 1. The number of hydrogen-bond acceptors (Lipinski definition) is 4. The molecule has 0 saturated heterocycles. The van der Waals surface area contributed by atoms with Crippen molar-refractivity contribution in [3.8, 4) is 5.75 Å². The van der Waals surface area contributed by atoms with Gasteiger partial charge in [0.15, 0.2) is 0 Å². The van der Waals surface area contributed by atoms with Crippen molar-refractivity contribution in [2.75, 3.05) is 14.2 Å². The van der Waals surface area contributed by atoms with Crippen molar-refractivity contribution < 1.29 is 24.1 Å². The zero-order valence-electron chi connectivity index (χ0n) is 13.6. The minimum Gasteiger partial charge on any atom is -0.496 e. The van der Waals surface area contributed by atoms with Crippen molar-refractivity contribution >= 4 is 5.97 Å². The summed E-state index contributed by atoms with van der Waals surface area (Å²) in [6.45, 7) is -0.144. The molecule has 128 valence electrons. The molecule has 6 heteroatoms. The van der Waals surface area contributed by atoms with E-state index in [1.54, 1.807) is 25.1 Å². The molecule has 1 atom stereocenters. The maximum atomic E-state index is 13.5. The normalized spacial score (nSPS) is 12.2. The Morgan fingerprint density at radius 3 is 2.58 bits per heavy atom. The molecule has 24 heavy (non-hydrogen) atoms. The van der Waals surface area contributed by atoms with E-state index in [4.69, 9.17) is 4.74 Å². The number of carboxylic acids is 1. The van der Waals surface area contributed by atoms with Crippen LogP contribution in [0.3, 0.4) is 0 Å². The molecule has 0 aromatic heterocycles. The summed E-state index contributed by atoms with van der Waals surface area (Å²) in [6, 6.07) is 10.4. The summed E-state index contributed by atoms with van der Waals surface area (Å²) < 4.78 is 18.8. The van der Waals surface area contributed by atoms with E-state index in [1.807, 2.05) is 18.2 Å². The first kappa shape index (κ1) is 17.9. The largest absolute Gasteiger partial charge is 0.496 e. The molecule has 2 aromatic rings. The van der Waals surface area contributed by atoms with Gasteiger partial charge in [-0.3, -0.25) is 9.69 Å². The van der Waals surface area contributed by atoms with Crippen LogP contribution in [0.25, 0.3) is 0 Å². The number of methoxy groups -OCH3 is 1. The topological polar surface area (TPSA) is 70.0 Å². The lowest BCUT2D eigenvalue weighted by atomic mass is 10.0. The molecule has 0 aliphatic heterocycles. The summed E-state index contributed by atoms with van der Waals surface area (Å²) in [6.07, 6.45) is 0. The number of hydrogen-bond donors (Lipinski definition) is 2. The van der Waals surface area contributed by atoms with Gasteiger partial charge in [0.2, 0.25) is 0 Å². The molecule has 2 rings (SSSR count). The Hall–Kier alpha value is -2.44. The van der Waals surface area contributed by atoms with Gasteiger partial charge in [0.25, 0.3) is 0 Å². The lowest BCUT2D eigenvalue weighted by molar-refractivity contribution is -0.143. The number of aliphatic hydroxyl groups excluding tert-OH is 1. The van der Waals surface area contributed by atoms with Gasteiger partial charge < -0.3 is 14.9 Å². The molecule has 0 bridgehead atoms. The second-order valence-corrected chi connectivity index (χ2v) is 5.48. The van der Waals surface area contributed by atoms with Crippen LogP contribution in [-0.2, 0) is 17.9 Å². The summed E-state index contributed by atoms with van der Waals surface area (Å²) >= 11 is 0. The molecular weight excluding hydrogens is 313 g/mol. The Labute approximate surface area is 139 Å². The number of carbonyl (C=O) groups is 1. The van der Waals surface area contributed by atoms with E-state index >= 15 is 0 Å². The highest BCUT2D eigenvalue weighted by Crippen LogP contribution is 2.26. The SMILES string of the molecule is COc1ccccc1CN(C)C(C(=O)O)c1ccc(F)c(CO)c1. The van der Waals surface area contributed by atoms with E-state index in [0.29, 0.717) is 17.9 Å². The van der Waals surface area contributed by atoms with Crippen molar-refractivity contribution in [2.45, 2.75) is 19.2 Å². The number of aliphatic hydroxyl groups is 1. The second kappa shape index (κ2) is 7.90. The van der Waals surface area contributed by atoms with Crippen LogP contribution >= 0.6 is 0 Å². The number of rotatable bonds is 7. The Kier molecular flexibility index (Phi) is 5.89. The Morgan fingerprint density at radius 1 is 1.25 bits per heavy atom. The third-order valence-electron chi connectivity index (χ3n) is 3.84. The average Bonchev–Trinajstić information content (AvgIpc) is 2.56. The zero-order valence-corrected chi connectivity index (χ0v) is 13.6. The predicted octanol–water partition coefficient (Wildman–Crippen LogP) is 2.58. The Bertz CT molecular complexity index is 720. The van der Waals surface area contributed by atoms with Gasteiger partial charge in [-0.05, 0) is 30.8 Å². The van der Waals surface area contributed by atoms with Crippen LogP contribution in [0, 0.1) is 5.82 Å². The lowest BCUT2D eigenvalue weighted by Gasteiger charge is -2.26. The molecule has 0 amide bonds. The maximum absolute atomic E-state index is 13.5. The minimum absolute atomic E-state index is 0.0736. The van der Waals surface area contributed by atoms with Crippen LogP contribution < -0.4 is 4.74 Å². The molecule has 0 aliphatic rings. The Balaban J connectivity index is 2.32. The molecule has 0 spiro atoms. The van der Waals surface area contributed by atoms with Gasteiger partial charge in [-0.25, -0.2) is 4.39 Å². The van der Waals surface area contributed by atoms with E-state index in [2.05, 4.69) is 0 Å². The number of halogens is 1. The fourth-order valence-electron chi connectivity index (χ4n) is 2.67. The molecule has 0 heterocycles. The van der Waals surface area contributed by atoms with Crippen molar-refractivity contribution in [3.05, 3.63) is 65.0 Å². The quantitative estimate of drug-likeness (QED) is 0.815. The van der Waals surface area contributed by atoms with Crippen LogP contribution in [0.1, 0.15) is 22.7 Å². The van der Waals surface area contributed by atoms with Crippen molar-refractivity contribution in [3.63, 3.8) is 0 Å². The number of likely N-dealkylation sites (N-methyl/N-ethyl adjacent to an activating group) is 1. The van der Waals surface area contributed by atoms with Crippen LogP contribution in [0.5, 0.6) is 5.75 Å². The van der Waals surface area contributed by atoms with Crippen molar-refractivity contribution in [2.24, 2.45) is 0 Å². The van der Waals surface area contributed by atoms with Crippen LogP contribution in [0.4, 0.5) is 4.39 Å². The Morgan fingerprint density at radius 2 is 1.96 bits per heavy atom.